The van der Waals surface area contributed by atoms with Gasteiger partial charge in [-0.3, -0.25) is 0 Å². The van der Waals surface area contributed by atoms with Crippen molar-refractivity contribution in [3.05, 3.63) is 90.7 Å². The fourth-order valence-electron chi connectivity index (χ4n) is 8.35. The second kappa shape index (κ2) is 11.3. The molecule has 224 valence electrons. The van der Waals surface area contributed by atoms with Crippen LogP contribution in [0.5, 0.6) is 0 Å². The predicted octanol–water partition coefficient (Wildman–Crippen LogP) is 11.9. The molecule has 0 radical (unpaired) electrons. The van der Waals surface area contributed by atoms with Crippen molar-refractivity contribution in [3.8, 4) is 31.6 Å². The maximum Gasteiger partial charge on any atom is 0.350 e. The number of aliphatic imine (C=N–C) groups is 1. The van der Waals surface area contributed by atoms with Crippen molar-refractivity contribution in [2.45, 2.75) is 75.0 Å². The molecule has 0 amide bonds. The van der Waals surface area contributed by atoms with E-state index in [0.29, 0.717) is 5.00 Å². The number of nitriles is 2. The third-order valence-corrected chi connectivity index (χ3v) is 14.9. The van der Waals surface area contributed by atoms with E-state index in [1.54, 1.807) is 45.5 Å². The van der Waals surface area contributed by atoms with Gasteiger partial charge in [-0.2, -0.15) is 0 Å². The summed E-state index contributed by atoms with van der Waals surface area (Å²) in [5.74, 6) is -0.126. The molecule has 4 aliphatic carbocycles. The Morgan fingerprint density at radius 2 is 1.26 bits per heavy atom. The van der Waals surface area contributed by atoms with Gasteiger partial charge < -0.3 is 4.85 Å². The summed E-state index contributed by atoms with van der Waals surface area (Å²) in [6.45, 7) is 14.5. The molecule has 0 aliphatic heterocycles. The van der Waals surface area contributed by atoms with Crippen LogP contribution in [0, 0.1) is 35.8 Å². The molecule has 5 nitrogen and oxygen atoms in total. The second-order valence-electron chi connectivity index (χ2n) is 12.5. The van der Waals surface area contributed by atoms with E-state index in [0.717, 1.165) is 9.75 Å². The van der Waals surface area contributed by atoms with E-state index in [-0.39, 0.29) is 22.4 Å². The summed E-state index contributed by atoms with van der Waals surface area (Å²) < 4.78 is 0. The highest BCUT2D eigenvalue weighted by atomic mass is 32.1. The van der Waals surface area contributed by atoms with Crippen molar-refractivity contribution in [1.82, 2.24) is 0 Å². The molecule has 0 saturated heterocycles. The minimum atomic E-state index is -0.126. The van der Waals surface area contributed by atoms with E-state index in [4.69, 9.17) is 13.1 Å². The van der Waals surface area contributed by atoms with Gasteiger partial charge in [-0.1, -0.05) is 61.4 Å². The number of fused-ring (bicyclic) bond motifs is 8. The highest BCUT2D eigenvalue weighted by Crippen LogP contribution is 2.72. The van der Waals surface area contributed by atoms with E-state index in [9.17, 15) is 10.5 Å². The fourth-order valence-corrected chi connectivity index (χ4v) is 13.2. The van der Waals surface area contributed by atoms with Gasteiger partial charge in [-0.25, -0.2) is 15.4 Å². The largest absolute Gasteiger partial charge is 0.351 e. The second-order valence-corrected chi connectivity index (χ2v) is 16.8. The topological polar surface area (TPSA) is 68.7 Å². The molecule has 0 N–H and O–H groups in total. The van der Waals surface area contributed by atoms with Gasteiger partial charge in [0, 0.05) is 45.0 Å². The third kappa shape index (κ3) is 4.35. The summed E-state index contributed by atoms with van der Waals surface area (Å²) in [4.78, 5) is 19.8. The van der Waals surface area contributed by atoms with Gasteiger partial charge in [-0.05, 0) is 90.4 Å². The fraction of sp³-hybridized carbons (Fsp3) is 0.324. The maximum absolute atomic E-state index is 9.27. The molecule has 8 rings (SSSR count). The van der Waals surface area contributed by atoms with Gasteiger partial charge in [0.25, 0.3) is 5.70 Å². The molecule has 4 heterocycles. The Morgan fingerprint density at radius 3 is 1.78 bits per heavy atom. The molecular weight excluding hydrogens is 643 g/mol. The van der Waals surface area contributed by atoms with Crippen LogP contribution in [0.1, 0.15) is 90.0 Å². The Bertz CT molecular complexity index is 1990. The van der Waals surface area contributed by atoms with Crippen LogP contribution >= 0.6 is 45.3 Å². The molecular formula is C37H27N5S4. The minimum absolute atomic E-state index is 0.0481. The van der Waals surface area contributed by atoms with Crippen LogP contribution in [-0.4, -0.2) is 5.84 Å². The van der Waals surface area contributed by atoms with Crippen LogP contribution in [0.4, 0.5) is 5.00 Å². The molecule has 2 saturated carbocycles. The number of allylic oxidation sites excluding steroid dienone is 3. The first-order chi connectivity index (χ1) is 22.5. The van der Waals surface area contributed by atoms with Crippen LogP contribution in [-0.2, 0) is 10.8 Å². The van der Waals surface area contributed by atoms with Crippen molar-refractivity contribution < 1.29 is 0 Å². The molecule has 0 atom stereocenters. The lowest BCUT2D eigenvalue weighted by Crippen LogP contribution is -2.28. The molecule has 0 aromatic carbocycles. The number of rotatable bonds is 4. The van der Waals surface area contributed by atoms with Crippen molar-refractivity contribution in [2.75, 3.05) is 0 Å². The normalized spacial score (nSPS) is 19.3. The maximum atomic E-state index is 9.27. The highest BCUT2D eigenvalue weighted by Gasteiger charge is 2.58. The smallest absolute Gasteiger partial charge is 0.350 e. The Labute approximate surface area is 284 Å². The summed E-state index contributed by atoms with van der Waals surface area (Å²) in [6.07, 6.45) is 14.0. The number of hydrogen-bond acceptors (Lipinski definition) is 7. The first kappa shape index (κ1) is 29.3. The van der Waals surface area contributed by atoms with E-state index in [2.05, 4.69) is 38.9 Å². The van der Waals surface area contributed by atoms with E-state index in [1.165, 1.54) is 94.2 Å². The van der Waals surface area contributed by atoms with E-state index in [1.807, 2.05) is 46.9 Å². The van der Waals surface area contributed by atoms with Crippen LogP contribution in [0.3, 0.4) is 0 Å². The Hall–Kier alpha value is -4.09. The van der Waals surface area contributed by atoms with Crippen LogP contribution in [0.15, 0.2) is 47.1 Å². The number of hydrogen-bond donors (Lipinski definition) is 0. The summed E-state index contributed by atoms with van der Waals surface area (Å²) in [5, 5.41) is 19.2. The van der Waals surface area contributed by atoms with Crippen molar-refractivity contribution >= 4 is 73.4 Å². The van der Waals surface area contributed by atoms with E-state index >= 15 is 0 Å². The molecule has 2 spiro atoms. The molecule has 4 aliphatic rings. The molecule has 9 heteroatoms. The minimum Gasteiger partial charge on any atom is -0.351 e. The van der Waals surface area contributed by atoms with Gasteiger partial charge in [0.1, 0.15) is 6.07 Å². The summed E-state index contributed by atoms with van der Waals surface area (Å²) >= 11 is 7.15. The highest BCUT2D eigenvalue weighted by molar-refractivity contribution is 7.25. The lowest BCUT2D eigenvalue weighted by Gasteiger charge is -2.37. The van der Waals surface area contributed by atoms with Gasteiger partial charge in [0.2, 0.25) is 5.00 Å². The zero-order chi connectivity index (χ0) is 31.5. The lowest BCUT2D eigenvalue weighted by molar-refractivity contribution is 0.373. The molecule has 4 aromatic heterocycles. The first-order valence-electron chi connectivity index (χ1n) is 15.6. The van der Waals surface area contributed by atoms with Crippen LogP contribution in [0.25, 0.3) is 46.4 Å². The zero-order valence-electron chi connectivity index (χ0n) is 25.0. The van der Waals surface area contributed by atoms with Gasteiger partial charge in [0.05, 0.1) is 12.6 Å². The van der Waals surface area contributed by atoms with Crippen LogP contribution in [0.2, 0.25) is 0 Å². The predicted molar refractivity (Wildman–Crippen MR) is 191 cm³/mol. The Balaban J connectivity index is 1.28. The monoisotopic (exact) mass is 669 g/mol. The lowest BCUT2D eigenvalue weighted by atomic mass is 9.67. The molecule has 0 bridgehead atoms. The summed E-state index contributed by atoms with van der Waals surface area (Å²) in [5.41, 5.74) is 6.57. The summed E-state index contributed by atoms with van der Waals surface area (Å²) in [6, 6.07) is 17.1. The number of nitrogens with zero attached hydrogens (tertiary/aromatic N) is 5. The van der Waals surface area contributed by atoms with Gasteiger partial charge in [0.15, 0.2) is 0 Å². The molecule has 0 unspecified atom stereocenters. The van der Waals surface area contributed by atoms with E-state index < -0.39 is 0 Å². The quantitative estimate of drug-likeness (QED) is 0.0939. The van der Waals surface area contributed by atoms with Gasteiger partial charge >= 0.3 is 5.84 Å². The molecule has 46 heavy (non-hydrogen) atoms. The van der Waals surface area contributed by atoms with Crippen molar-refractivity contribution in [2.24, 2.45) is 4.99 Å². The standard InChI is InChI=1S/C37H27N5S4/c1-40-22(20-38)17-23-9-10-26(43-23)28-18-24-34(45-28)32-33(36(24)13-5-3-6-14-36)35-25(37(32)15-7-4-8-16-37)19-29(46-35)27-11-12-31(44-27)42-30(21-39)41-2/h9-12,17-19H,3-8,13-16H2/b22-17+,42-30-. The van der Waals surface area contributed by atoms with Crippen molar-refractivity contribution in [1.29, 1.82) is 10.5 Å². The number of amidine groups is 1. The van der Waals surface area contributed by atoms with Crippen molar-refractivity contribution in [3.63, 3.8) is 0 Å². The number of thiophene rings is 4. The average Bonchev–Trinajstić information content (AvgIpc) is 3.93. The average molecular weight is 670 g/mol. The zero-order valence-corrected chi connectivity index (χ0v) is 28.2. The Morgan fingerprint density at radius 1 is 0.696 bits per heavy atom. The Kier molecular flexibility index (Phi) is 7.21. The van der Waals surface area contributed by atoms with Gasteiger partial charge in [-0.15, -0.1) is 34.0 Å². The van der Waals surface area contributed by atoms with Crippen LogP contribution < -0.4 is 0 Å². The first-order valence-corrected chi connectivity index (χ1v) is 18.9. The third-order valence-electron chi connectivity index (χ3n) is 10.2. The molecule has 4 aromatic rings. The SMILES string of the molecule is [C-]#[N+]/C(C#N)=N\c1ccc(-c2cc3c(s2)C2=C(c4sc(-c5ccc(/C=C(\C#N)[N+]#[C-])s5)cc4C24CCCCC4)C32CCCCC2)s1. The molecule has 2 fully saturated rings. The summed E-state index contributed by atoms with van der Waals surface area (Å²) in [7, 11) is 0.